The molecule has 1 fully saturated rings. The lowest BCUT2D eigenvalue weighted by Gasteiger charge is -2.17. The smallest absolute Gasteiger partial charge is 0.308 e. The van der Waals surface area contributed by atoms with E-state index in [0.29, 0.717) is 41.0 Å². The number of rotatable bonds is 3. The molecule has 26 heavy (non-hydrogen) atoms. The summed E-state index contributed by atoms with van der Waals surface area (Å²) in [7, 11) is 0. The standard InChI is InChI=1S/C19H17N3O4/c1-11-16-14(18(23)22-8-7-13(10-22)19(24)25)9-15(20-17(16)26-21-11)12-5-3-2-4-6-12/h2-6,9,13H,7-8,10H2,1H3,(H,24,25)/t13-/m1/s1. The molecule has 1 amide bonds. The molecule has 1 saturated heterocycles. The molecular formula is C19H17N3O4. The summed E-state index contributed by atoms with van der Waals surface area (Å²) >= 11 is 0. The fourth-order valence-corrected chi connectivity index (χ4v) is 3.34. The largest absolute Gasteiger partial charge is 0.481 e. The van der Waals surface area contributed by atoms with Gasteiger partial charge in [0.05, 0.1) is 28.3 Å². The van der Waals surface area contributed by atoms with E-state index in [2.05, 4.69) is 10.1 Å². The highest BCUT2D eigenvalue weighted by atomic mass is 16.5. The van der Waals surface area contributed by atoms with E-state index >= 15 is 0 Å². The molecule has 0 bridgehead atoms. The van der Waals surface area contributed by atoms with Crippen LogP contribution in [-0.4, -0.2) is 45.1 Å². The van der Waals surface area contributed by atoms with Crippen molar-refractivity contribution in [2.75, 3.05) is 13.1 Å². The molecule has 4 rings (SSSR count). The highest BCUT2D eigenvalue weighted by molar-refractivity contribution is 6.07. The van der Waals surface area contributed by atoms with Crippen molar-refractivity contribution in [2.45, 2.75) is 13.3 Å². The van der Waals surface area contributed by atoms with E-state index in [1.54, 1.807) is 17.9 Å². The zero-order valence-corrected chi connectivity index (χ0v) is 14.2. The van der Waals surface area contributed by atoms with Gasteiger partial charge in [0.25, 0.3) is 11.6 Å². The number of pyridine rings is 1. The molecule has 0 unspecified atom stereocenters. The third-order valence-corrected chi connectivity index (χ3v) is 4.74. The van der Waals surface area contributed by atoms with Crippen molar-refractivity contribution in [2.24, 2.45) is 5.92 Å². The number of carboxylic acid groups (broad SMARTS) is 1. The minimum absolute atomic E-state index is 0.211. The summed E-state index contributed by atoms with van der Waals surface area (Å²) in [5.41, 5.74) is 2.82. The van der Waals surface area contributed by atoms with Gasteiger partial charge in [0.2, 0.25) is 0 Å². The molecule has 0 spiro atoms. The number of nitrogens with zero attached hydrogens (tertiary/aromatic N) is 3. The maximum absolute atomic E-state index is 13.1. The van der Waals surface area contributed by atoms with Crippen LogP contribution in [0.5, 0.6) is 0 Å². The molecule has 1 aliphatic heterocycles. The van der Waals surface area contributed by atoms with Gasteiger partial charge in [-0.05, 0) is 19.4 Å². The number of likely N-dealkylation sites (tertiary alicyclic amines) is 1. The summed E-state index contributed by atoms with van der Waals surface area (Å²) in [6, 6.07) is 11.2. The Morgan fingerprint density at radius 2 is 2.04 bits per heavy atom. The Labute approximate surface area is 149 Å². The summed E-state index contributed by atoms with van der Waals surface area (Å²) in [6.45, 7) is 2.39. The number of aryl methyl sites for hydroxylation is 1. The van der Waals surface area contributed by atoms with E-state index in [4.69, 9.17) is 4.52 Å². The lowest BCUT2D eigenvalue weighted by molar-refractivity contribution is -0.141. The second-order valence-corrected chi connectivity index (χ2v) is 6.44. The molecule has 3 heterocycles. The number of fused-ring (bicyclic) bond motifs is 1. The van der Waals surface area contributed by atoms with Gasteiger partial charge in [-0.15, -0.1) is 0 Å². The Bertz CT molecular complexity index is 997. The number of carboxylic acids is 1. The van der Waals surface area contributed by atoms with Crippen LogP contribution in [0.2, 0.25) is 0 Å². The van der Waals surface area contributed by atoms with Gasteiger partial charge in [0.15, 0.2) is 0 Å². The first-order valence-electron chi connectivity index (χ1n) is 8.39. The van der Waals surface area contributed by atoms with Gasteiger partial charge >= 0.3 is 5.97 Å². The fourth-order valence-electron chi connectivity index (χ4n) is 3.34. The van der Waals surface area contributed by atoms with Crippen molar-refractivity contribution in [3.05, 3.63) is 47.7 Å². The van der Waals surface area contributed by atoms with Crippen LogP contribution < -0.4 is 0 Å². The quantitative estimate of drug-likeness (QED) is 0.779. The molecule has 1 aromatic carbocycles. The van der Waals surface area contributed by atoms with Gasteiger partial charge in [-0.3, -0.25) is 9.59 Å². The first-order valence-corrected chi connectivity index (χ1v) is 8.39. The van der Waals surface area contributed by atoms with Gasteiger partial charge in [0.1, 0.15) is 0 Å². The molecule has 1 aliphatic rings. The monoisotopic (exact) mass is 351 g/mol. The third kappa shape index (κ3) is 2.71. The number of hydrogen-bond acceptors (Lipinski definition) is 5. The molecule has 0 aliphatic carbocycles. The predicted molar refractivity (Wildman–Crippen MR) is 93.6 cm³/mol. The van der Waals surface area contributed by atoms with Crippen molar-refractivity contribution in [1.29, 1.82) is 0 Å². The van der Waals surface area contributed by atoms with Crippen LogP contribution in [0.4, 0.5) is 0 Å². The van der Waals surface area contributed by atoms with Crippen molar-refractivity contribution >= 4 is 23.0 Å². The van der Waals surface area contributed by atoms with E-state index in [9.17, 15) is 14.7 Å². The Kier molecular flexibility index (Phi) is 3.91. The molecule has 1 N–H and O–H groups in total. The Hall–Kier alpha value is -3.22. The predicted octanol–water partition coefficient (Wildman–Crippen LogP) is 2.74. The number of aromatic nitrogens is 2. The summed E-state index contributed by atoms with van der Waals surface area (Å²) in [4.78, 5) is 30.4. The second-order valence-electron chi connectivity index (χ2n) is 6.44. The number of aliphatic carboxylic acids is 1. The topological polar surface area (TPSA) is 96.5 Å². The number of carbonyl (C=O) groups excluding carboxylic acids is 1. The first kappa shape index (κ1) is 16.3. The lowest BCUT2D eigenvalue weighted by atomic mass is 10.0. The van der Waals surface area contributed by atoms with Gasteiger partial charge in [-0.2, -0.15) is 0 Å². The Balaban J connectivity index is 1.79. The van der Waals surface area contributed by atoms with E-state index in [0.717, 1.165) is 5.56 Å². The third-order valence-electron chi connectivity index (χ3n) is 4.74. The van der Waals surface area contributed by atoms with Crippen LogP contribution >= 0.6 is 0 Å². The SMILES string of the molecule is Cc1noc2nc(-c3ccccc3)cc(C(=O)N3CC[C@@H](C(=O)O)C3)c12. The molecule has 3 aromatic rings. The van der Waals surface area contributed by atoms with Gasteiger partial charge < -0.3 is 14.5 Å². The fraction of sp³-hybridized carbons (Fsp3) is 0.263. The highest BCUT2D eigenvalue weighted by Gasteiger charge is 2.33. The molecule has 0 radical (unpaired) electrons. The van der Waals surface area contributed by atoms with Crippen molar-refractivity contribution in [1.82, 2.24) is 15.0 Å². The van der Waals surface area contributed by atoms with E-state index in [-0.39, 0.29) is 12.5 Å². The summed E-state index contributed by atoms with van der Waals surface area (Å²) in [5.74, 6) is -1.61. The summed E-state index contributed by atoms with van der Waals surface area (Å²) in [6.07, 6.45) is 0.462. The molecule has 2 aromatic heterocycles. The van der Waals surface area contributed by atoms with Crippen molar-refractivity contribution < 1.29 is 19.2 Å². The molecule has 0 saturated carbocycles. The number of benzene rings is 1. The zero-order chi connectivity index (χ0) is 18.3. The normalized spacial score (nSPS) is 17.0. The van der Waals surface area contributed by atoms with Crippen LogP contribution in [0, 0.1) is 12.8 Å². The van der Waals surface area contributed by atoms with Crippen LogP contribution in [0.3, 0.4) is 0 Å². The van der Waals surface area contributed by atoms with E-state index in [1.165, 1.54) is 0 Å². The Morgan fingerprint density at radius 1 is 1.27 bits per heavy atom. The Morgan fingerprint density at radius 3 is 2.73 bits per heavy atom. The van der Waals surface area contributed by atoms with Crippen LogP contribution in [0.25, 0.3) is 22.4 Å². The van der Waals surface area contributed by atoms with Crippen molar-refractivity contribution in [3.8, 4) is 11.3 Å². The number of amides is 1. The van der Waals surface area contributed by atoms with Crippen molar-refractivity contribution in [3.63, 3.8) is 0 Å². The highest BCUT2D eigenvalue weighted by Crippen LogP contribution is 2.29. The van der Waals surface area contributed by atoms with Crippen LogP contribution in [0.1, 0.15) is 22.5 Å². The maximum atomic E-state index is 13.1. The first-order chi connectivity index (χ1) is 12.5. The maximum Gasteiger partial charge on any atom is 0.308 e. The average molecular weight is 351 g/mol. The zero-order valence-electron chi connectivity index (χ0n) is 14.2. The number of carbonyl (C=O) groups is 2. The van der Waals surface area contributed by atoms with E-state index in [1.807, 2.05) is 30.3 Å². The second kappa shape index (κ2) is 6.25. The van der Waals surface area contributed by atoms with Gasteiger partial charge in [-0.25, -0.2) is 4.98 Å². The lowest BCUT2D eigenvalue weighted by Crippen LogP contribution is -2.30. The van der Waals surface area contributed by atoms with Gasteiger partial charge in [0, 0.05) is 18.7 Å². The molecule has 7 heteroatoms. The summed E-state index contributed by atoms with van der Waals surface area (Å²) in [5, 5.41) is 13.7. The molecule has 1 atom stereocenters. The average Bonchev–Trinajstić information content (AvgIpc) is 3.29. The molecule has 7 nitrogen and oxygen atoms in total. The van der Waals surface area contributed by atoms with Crippen LogP contribution in [0.15, 0.2) is 40.9 Å². The number of hydrogen-bond donors (Lipinski definition) is 1. The minimum atomic E-state index is -0.869. The summed E-state index contributed by atoms with van der Waals surface area (Å²) < 4.78 is 5.30. The van der Waals surface area contributed by atoms with Gasteiger partial charge in [-0.1, -0.05) is 35.5 Å². The molecular weight excluding hydrogens is 334 g/mol. The molecule has 132 valence electrons. The van der Waals surface area contributed by atoms with Crippen LogP contribution in [-0.2, 0) is 4.79 Å². The minimum Gasteiger partial charge on any atom is -0.481 e. The van der Waals surface area contributed by atoms with E-state index < -0.39 is 11.9 Å².